The summed E-state index contributed by atoms with van der Waals surface area (Å²) in [6.45, 7) is 3.96. The molecule has 0 aromatic heterocycles. The molecule has 7 nitrogen and oxygen atoms in total. The molecule has 3 aromatic rings. The Morgan fingerprint density at radius 3 is 2.24 bits per heavy atom. The zero-order valence-electron chi connectivity index (χ0n) is 23.7. The molecule has 1 N–H and O–H groups in total. The van der Waals surface area contributed by atoms with E-state index in [-0.39, 0.29) is 24.9 Å². The van der Waals surface area contributed by atoms with Crippen molar-refractivity contribution in [1.29, 1.82) is 0 Å². The predicted molar refractivity (Wildman–Crippen MR) is 160 cm³/mol. The van der Waals surface area contributed by atoms with E-state index in [9.17, 15) is 14.4 Å². The molecule has 0 spiro atoms. The second-order valence-corrected chi connectivity index (χ2v) is 11.4. The number of ether oxygens (including phenoxy) is 1. The molecule has 0 saturated heterocycles. The van der Waals surface area contributed by atoms with Gasteiger partial charge in [0.1, 0.15) is 6.61 Å². The molecule has 7 heteroatoms. The Morgan fingerprint density at radius 1 is 0.902 bits per heavy atom. The molecule has 1 aliphatic carbocycles. The number of para-hydroxylation sites is 1. The van der Waals surface area contributed by atoms with Gasteiger partial charge in [-0.05, 0) is 30.4 Å². The van der Waals surface area contributed by atoms with Crippen molar-refractivity contribution in [3.05, 3.63) is 102 Å². The van der Waals surface area contributed by atoms with Gasteiger partial charge in [-0.3, -0.25) is 14.9 Å². The lowest BCUT2D eigenvalue weighted by molar-refractivity contribution is -0.131. The van der Waals surface area contributed by atoms with Crippen LogP contribution in [0.5, 0.6) is 0 Å². The number of amides is 2. The Labute approximate surface area is 241 Å². The maximum absolute atomic E-state index is 14.1. The van der Waals surface area contributed by atoms with Gasteiger partial charge in [0.2, 0.25) is 6.17 Å². The zero-order chi connectivity index (χ0) is 28.8. The highest BCUT2D eigenvalue weighted by Crippen LogP contribution is 2.39. The molecule has 2 amide bonds. The molecule has 5 rings (SSSR count). The highest BCUT2D eigenvalue weighted by molar-refractivity contribution is 6.21. The molecule has 1 aliphatic heterocycles. The van der Waals surface area contributed by atoms with Crippen LogP contribution < -0.4 is 10.2 Å². The number of rotatable bonds is 8. The Hall–Kier alpha value is -4.26. The van der Waals surface area contributed by atoms with Crippen molar-refractivity contribution in [2.45, 2.75) is 58.7 Å². The van der Waals surface area contributed by atoms with Crippen LogP contribution in [0.25, 0.3) is 0 Å². The summed E-state index contributed by atoms with van der Waals surface area (Å²) in [7, 11) is 0. The number of hydrogen-bond donors (Lipinski definition) is 1. The second-order valence-electron chi connectivity index (χ2n) is 11.4. The lowest BCUT2D eigenvalue weighted by Crippen LogP contribution is -2.51. The molecule has 1 saturated carbocycles. The van der Waals surface area contributed by atoms with Crippen LogP contribution >= 0.6 is 0 Å². The van der Waals surface area contributed by atoms with Crippen molar-refractivity contribution in [3.8, 4) is 0 Å². The van der Waals surface area contributed by atoms with Gasteiger partial charge in [0.25, 0.3) is 5.91 Å². The SMILES string of the molecule is CC(C)(C(=O)CN1C(=O)[C@@H](NC(=O)OCc2ccccc2)N=C(c2ccccc2)c2ccccc21)C1CCCCC1. The van der Waals surface area contributed by atoms with Crippen LogP contribution in [0.3, 0.4) is 0 Å². The van der Waals surface area contributed by atoms with Crippen molar-refractivity contribution in [3.63, 3.8) is 0 Å². The van der Waals surface area contributed by atoms with E-state index in [1.807, 2.05) is 98.8 Å². The van der Waals surface area contributed by atoms with Gasteiger partial charge in [0.15, 0.2) is 5.78 Å². The molecule has 1 heterocycles. The van der Waals surface area contributed by atoms with Gasteiger partial charge in [-0.2, -0.15) is 0 Å². The molecule has 3 aromatic carbocycles. The molecule has 0 unspecified atom stereocenters. The minimum absolute atomic E-state index is 0.00104. The van der Waals surface area contributed by atoms with E-state index < -0.39 is 23.6 Å². The van der Waals surface area contributed by atoms with Crippen LogP contribution in [0, 0.1) is 11.3 Å². The minimum atomic E-state index is -1.27. The standard InChI is InChI=1S/C34H37N3O4/c1-34(2,26-18-10-5-11-19-26)29(38)22-37-28-21-13-12-20-27(28)30(25-16-8-4-9-17-25)35-31(32(37)39)36-33(40)41-23-24-14-6-3-7-15-24/h3-4,6-9,12-17,20-21,26,31H,5,10-11,18-19,22-23H2,1-2H3,(H,36,40)/t31-/m1/s1. The molecule has 2 aliphatic rings. The summed E-state index contributed by atoms with van der Waals surface area (Å²) in [5.41, 5.74) is 2.92. The average molecular weight is 552 g/mol. The molecular formula is C34H37N3O4. The predicted octanol–water partition coefficient (Wildman–Crippen LogP) is 6.30. The number of benzene rings is 3. The maximum Gasteiger partial charge on any atom is 0.409 e. The number of alkyl carbamates (subject to hydrolysis) is 1. The number of carbonyl (C=O) groups is 3. The van der Waals surface area contributed by atoms with Crippen LogP contribution in [0.4, 0.5) is 10.5 Å². The highest BCUT2D eigenvalue weighted by atomic mass is 16.5. The summed E-state index contributed by atoms with van der Waals surface area (Å²) in [4.78, 5) is 47.2. The lowest BCUT2D eigenvalue weighted by Gasteiger charge is -2.37. The molecule has 1 fully saturated rings. The molecule has 41 heavy (non-hydrogen) atoms. The average Bonchev–Trinajstić information content (AvgIpc) is 3.12. The first-order valence-corrected chi connectivity index (χ1v) is 14.4. The van der Waals surface area contributed by atoms with Crippen molar-refractivity contribution in [1.82, 2.24) is 5.32 Å². The number of carbonyl (C=O) groups excluding carboxylic acids is 3. The molecular weight excluding hydrogens is 514 g/mol. The third-order valence-electron chi connectivity index (χ3n) is 8.37. The van der Waals surface area contributed by atoms with E-state index in [1.165, 1.54) is 11.3 Å². The summed E-state index contributed by atoms with van der Waals surface area (Å²) < 4.78 is 5.43. The molecule has 0 radical (unpaired) electrons. The van der Waals surface area contributed by atoms with Gasteiger partial charge in [0, 0.05) is 16.5 Å². The fourth-order valence-electron chi connectivity index (χ4n) is 5.79. The summed E-state index contributed by atoms with van der Waals surface area (Å²) in [6, 6.07) is 26.3. The van der Waals surface area contributed by atoms with E-state index in [4.69, 9.17) is 9.73 Å². The lowest BCUT2D eigenvalue weighted by atomic mass is 9.68. The number of hydrogen-bond acceptors (Lipinski definition) is 5. The number of anilines is 1. The topological polar surface area (TPSA) is 88.1 Å². The van der Waals surface area contributed by atoms with Crippen LogP contribution in [0.2, 0.25) is 0 Å². The van der Waals surface area contributed by atoms with Crippen molar-refractivity contribution >= 4 is 29.2 Å². The van der Waals surface area contributed by atoms with E-state index >= 15 is 0 Å². The number of aliphatic imine (C=N–C) groups is 1. The van der Waals surface area contributed by atoms with Gasteiger partial charge in [-0.25, -0.2) is 9.79 Å². The molecule has 212 valence electrons. The number of Topliss-reactive ketones (excluding diaryl/α,β-unsaturated/α-hetero) is 1. The van der Waals surface area contributed by atoms with Gasteiger partial charge in [0.05, 0.1) is 17.9 Å². The van der Waals surface area contributed by atoms with Gasteiger partial charge in [-0.1, -0.05) is 112 Å². The van der Waals surface area contributed by atoms with Crippen molar-refractivity contribution in [2.75, 3.05) is 11.4 Å². The number of nitrogens with one attached hydrogen (secondary N) is 1. The maximum atomic E-state index is 14.1. The van der Waals surface area contributed by atoms with Crippen LogP contribution in [0.15, 0.2) is 89.9 Å². The van der Waals surface area contributed by atoms with E-state index in [0.717, 1.165) is 42.4 Å². The third kappa shape index (κ3) is 6.40. The Morgan fingerprint density at radius 2 is 1.54 bits per heavy atom. The Kier molecular flexibility index (Phi) is 8.62. The van der Waals surface area contributed by atoms with E-state index in [2.05, 4.69) is 5.32 Å². The molecule has 1 atom stereocenters. The fraction of sp³-hybridized carbons (Fsp3) is 0.353. The quantitative estimate of drug-likeness (QED) is 0.356. The van der Waals surface area contributed by atoms with Gasteiger partial charge < -0.3 is 9.64 Å². The Bertz CT molecular complexity index is 1410. The zero-order valence-corrected chi connectivity index (χ0v) is 23.7. The number of ketones is 1. The van der Waals surface area contributed by atoms with Crippen molar-refractivity contribution in [2.24, 2.45) is 16.3 Å². The minimum Gasteiger partial charge on any atom is -0.445 e. The number of fused-ring (bicyclic) bond motifs is 1. The number of nitrogens with zero attached hydrogens (tertiary/aromatic N) is 2. The normalized spacial score (nSPS) is 17.7. The summed E-state index contributed by atoms with van der Waals surface area (Å²) >= 11 is 0. The van der Waals surface area contributed by atoms with Gasteiger partial charge in [-0.15, -0.1) is 0 Å². The van der Waals surface area contributed by atoms with Gasteiger partial charge >= 0.3 is 6.09 Å². The summed E-state index contributed by atoms with van der Waals surface area (Å²) in [6.07, 6.45) is 3.45. The highest BCUT2D eigenvalue weighted by Gasteiger charge is 2.41. The van der Waals surface area contributed by atoms with Crippen molar-refractivity contribution < 1.29 is 19.1 Å². The monoisotopic (exact) mass is 551 g/mol. The van der Waals surface area contributed by atoms with Crippen LogP contribution in [0.1, 0.15) is 62.6 Å². The van der Waals surface area contributed by atoms with Crippen LogP contribution in [-0.4, -0.2) is 36.2 Å². The largest absolute Gasteiger partial charge is 0.445 e. The first-order valence-electron chi connectivity index (χ1n) is 14.4. The summed E-state index contributed by atoms with van der Waals surface area (Å²) in [5.74, 6) is -0.201. The fourth-order valence-corrected chi connectivity index (χ4v) is 5.79. The Balaban J connectivity index is 1.47. The molecule has 0 bridgehead atoms. The summed E-state index contributed by atoms with van der Waals surface area (Å²) in [5, 5.41) is 2.67. The smallest absolute Gasteiger partial charge is 0.409 e. The van der Waals surface area contributed by atoms with E-state index in [1.54, 1.807) is 0 Å². The first kappa shape index (κ1) is 28.3. The first-order chi connectivity index (χ1) is 19.8. The third-order valence-corrected chi connectivity index (χ3v) is 8.37. The number of benzodiazepines with no additional fused rings is 1. The second kappa shape index (κ2) is 12.5. The van der Waals surface area contributed by atoms with Crippen LogP contribution in [-0.2, 0) is 20.9 Å². The van der Waals surface area contributed by atoms with E-state index in [0.29, 0.717) is 11.4 Å².